The molecule has 0 radical (unpaired) electrons. The Kier molecular flexibility index (Phi) is 5.01. The van der Waals surface area contributed by atoms with Crippen LogP contribution in [0.15, 0.2) is 29.2 Å². The summed E-state index contributed by atoms with van der Waals surface area (Å²) in [6, 6.07) is 7.30. The van der Waals surface area contributed by atoms with Crippen LogP contribution in [0, 0.1) is 6.92 Å². The summed E-state index contributed by atoms with van der Waals surface area (Å²) >= 11 is 1.56. The Morgan fingerprint density at radius 2 is 1.84 bits per heavy atom. The summed E-state index contributed by atoms with van der Waals surface area (Å²) in [4.78, 5) is 0.370. The quantitative estimate of drug-likeness (QED) is 0.815. The molecule has 2 heterocycles. The van der Waals surface area contributed by atoms with E-state index in [0.717, 1.165) is 28.4 Å². The number of piperidine rings is 1. The van der Waals surface area contributed by atoms with Crippen LogP contribution in [-0.2, 0) is 15.4 Å². The fourth-order valence-electron chi connectivity index (χ4n) is 3.12. The van der Waals surface area contributed by atoms with Crippen LogP contribution in [0.5, 0.6) is 0 Å². The van der Waals surface area contributed by atoms with Gasteiger partial charge in [0.15, 0.2) is 0 Å². The Morgan fingerprint density at radius 1 is 1.16 bits per heavy atom. The first-order valence-corrected chi connectivity index (χ1v) is 10.8. The van der Waals surface area contributed by atoms with E-state index in [-0.39, 0.29) is 11.3 Å². The molecule has 1 saturated heterocycles. The molecule has 1 atom stereocenters. The van der Waals surface area contributed by atoms with Gasteiger partial charge in [-0.3, -0.25) is 0 Å². The summed E-state index contributed by atoms with van der Waals surface area (Å²) in [5.41, 5.74) is 1.14. The summed E-state index contributed by atoms with van der Waals surface area (Å²) in [6.45, 7) is 9.34. The Labute approximate surface area is 154 Å². The first-order chi connectivity index (χ1) is 11.7. The molecule has 0 bridgehead atoms. The normalized spacial score (nSPS) is 19.9. The molecule has 1 aliphatic heterocycles. The zero-order valence-corrected chi connectivity index (χ0v) is 16.8. The van der Waals surface area contributed by atoms with E-state index in [1.807, 2.05) is 19.1 Å². The minimum absolute atomic E-state index is 0.00815. The summed E-state index contributed by atoms with van der Waals surface area (Å²) < 4.78 is 27.6. The van der Waals surface area contributed by atoms with Crippen LogP contribution in [0.4, 0.5) is 0 Å². The van der Waals surface area contributed by atoms with E-state index in [2.05, 4.69) is 31.0 Å². The van der Waals surface area contributed by atoms with Crippen molar-refractivity contribution in [2.75, 3.05) is 13.1 Å². The fraction of sp³-hybridized carbons (Fsp3) is 0.556. The van der Waals surface area contributed by atoms with Crippen molar-refractivity contribution in [2.45, 2.75) is 56.8 Å². The van der Waals surface area contributed by atoms with Crippen molar-refractivity contribution < 1.29 is 8.42 Å². The molecule has 0 saturated carbocycles. The second kappa shape index (κ2) is 6.78. The molecular weight excluding hydrogens is 354 g/mol. The van der Waals surface area contributed by atoms with Gasteiger partial charge >= 0.3 is 0 Å². The molecule has 0 N–H and O–H groups in total. The summed E-state index contributed by atoms with van der Waals surface area (Å²) in [6.07, 6.45) is 1.81. The van der Waals surface area contributed by atoms with E-state index in [9.17, 15) is 8.42 Å². The lowest BCUT2D eigenvalue weighted by Crippen LogP contribution is -2.39. The van der Waals surface area contributed by atoms with Gasteiger partial charge in [0, 0.05) is 19.0 Å². The molecule has 1 aromatic heterocycles. The number of hydrogen-bond donors (Lipinski definition) is 0. The van der Waals surface area contributed by atoms with E-state index in [4.69, 9.17) is 0 Å². The Morgan fingerprint density at radius 3 is 2.40 bits per heavy atom. The monoisotopic (exact) mass is 379 g/mol. The van der Waals surface area contributed by atoms with Crippen LogP contribution in [0.2, 0.25) is 0 Å². The second-order valence-electron chi connectivity index (χ2n) is 7.64. The predicted octanol–water partition coefficient (Wildman–Crippen LogP) is 3.71. The standard InChI is InChI=1S/C18H25N3O2S2/c1-13-19-20-17(24-13)14-6-5-11-21(12-14)25(22,23)16-9-7-15(8-10-16)18(2,3)4/h7-10,14H,5-6,11-12H2,1-4H3/t14-/m0/s1. The number of hydrogen-bond acceptors (Lipinski definition) is 5. The summed E-state index contributed by atoms with van der Waals surface area (Å²) in [5.74, 6) is 0.142. The van der Waals surface area contributed by atoms with Crippen LogP contribution < -0.4 is 0 Å². The van der Waals surface area contributed by atoms with Crippen molar-refractivity contribution in [1.82, 2.24) is 14.5 Å². The first kappa shape index (κ1) is 18.5. The van der Waals surface area contributed by atoms with E-state index < -0.39 is 10.0 Å². The maximum absolute atomic E-state index is 13.0. The van der Waals surface area contributed by atoms with Crippen molar-refractivity contribution in [2.24, 2.45) is 0 Å². The summed E-state index contributed by atoms with van der Waals surface area (Å²) in [5, 5.41) is 10.2. The SMILES string of the molecule is Cc1nnc([C@H]2CCCN(S(=O)(=O)c3ccc(C(C)(C)C)cc3)C2)s1. The highest BCUT2D eigenvalue weighted by atomic mass is 32.2. The smallest absolute Gasteiger partial charge is 0.207 e. The van der Waals surface area contributed by atoms with Crippen LogP contribution in [0.3, 0.4) is 0 Å². The fourth-order valence-corrected chi connectivity index (χ4v) is 5.46. The topological polar surface area (TPSA) is 63.2 Å². The molecular formula is C18H25N3O2S2. The van der Waals surface area contributed by atoms with Gasteiger partial charge in [-0.15, -0.1) is 21.5 Å². The highest BCUT2D eigenvalue weighted by molar-refractivity contribution is 7.89. The van der Waals surface area contributed by atoms with Gasteiger partial charge < -0.3 is 0 Å². The zero-order valence-electron chi connectivity index (χ0n) is 15.2. The highest BCUT2D eigenvalue weighted by Gasteiger charge is 2.32. The van der Waals surface area contributed by atoms with E-state index >= 15 is 0 Å². The Balaban J connectivity index is 1.81. The Bertz CT molecular complexity index is 836. The number of nitrogens with zero attached hydrogens (tertiary/aromatic N) is 3. The second-order valence-corrected chi connectivity index (χ2v) is 10.8. The molecule has 1 fully saturated rings. The molecule has 136 valence electrons. The first-order valence-electron chi connectivity index (χ1n) is 8.58. The summed E-state index contributed by atoms with van der Waals surface area (Å²) in [7, 11) is -3.47. The van der Waals surface area contributed by atoms with Crippen LogP contribution in [0.1, 0.15) is 55.1 Å². The maximum Gasteiger partial charge on any atom is 0.243 e. The lowest BCUT2D eigenvalue weighted by Gasteiger charge is -2.31. The van der Waals surface area contributed by atoms with Gasteiger partial charge in [-0.05, 0) is 42.9 Å². The largest absolute Gasteiger partial charge is 0.243 e. The van der Waals surface area contributed by atoms with Gasteiger partial charge in [0.25, 0.3) is 0 Å². The van der Waals surface area contributed by atoms with Crippen molar-refractivity contribution in [3.8, 4) is 0 Å². The molecule has 0 amide bonds. The maximum atomic E-state index is 13.0. The minimum Gasteiger partial charge on any atom is -0.207 e. The van der Waals surface area contributed by atoms with Crippen molar-refractivity contribution >= 4 is 21.4 Å². The highest BCUT2D eigenvalue weighted by Crippen LogP contribution is 2.32. The molecule has 0 unspecified atom stereocenters. The predicted molar refractivity (Wildman–Crippen MR) is 101 cm³/mol. The average molecular weight is 380 g/mol. The molecule has 2 aromatic rings. The van der Waals surface area contributed by atoms with Gasteiger partial charge in [0.05, 0.1) is 4.90 Å². The Hall–Kier alpha value is -1.31. The molecule has 25 heavy (non-hydrogen) atoms. The number of sulfonamides is 1. The van der Waals surface area contributed by atoms with Crippen molar-refractivity contribution in [3.05, 3.63) is 39.8 Å². The van der Waals surface area contributed by atoms with Crippen molar-refractivity contribution in [3.63, 3.8) is 0 Å². The lowest BCUT2D eigenvalue weighted by atomic mass is 9.87. The van der Waals surface area contributed by atoms with E-state index in [1.54, 1.807) is 27.8 Å². The number of aryl methyl sites for hydroxylation is 1. The van der Waals surface area contributed by atoms with Crippen LogP contribution in [-0.4, -0.2) is 36.0 Å². The minimum atomic E-state index is -3.47. The molecule has 5 nitrogen and oxygen atoms in total. The number of rotatable bonds is 3. The average Bonchev–Trinajstić information content (AvgIpc) is 3.01. The molecule has 0 spiro atoms. The van der Waals surface area contributed by atoms with Crippen LogP contribution in [0.25, 0.3) is 0 Å². The van der Waals surface area contributed by atoms with Gasteiger partial charge in [0.2, 0.25) is 10.0 Å². The third-order valence-electron chi connectivity index (χ3n) is 4.63. The molecule has 1 aliphatic rings. The van der Waals surface area contributed by atoms with Crippen molar-refractivity contribution in [1.29, 1.82) is 0 Å². The van der Waals surface area contributed by atoms with Gasteiger partial charge in [0.1, 0.15) is 10.0 Å². The lowest BCUT2D eigenvalue weighted by molar-refractivity contribution is 0.314. The molecule has 3 rings (SSSR count). The van der Waals surface area contributed by atoms with Gasteiger partial charge in [-0.2, -0.15) is 4.31 Å². The number of aromatic nitrogens is 2. The van der Waals surface area contributed by atoms with Gasteiger partial charge in [-0.1, -0.05) is 32.9 Å². The third-order valence-corrected chi connectivity index (χ3v) is 7.51. The third kappa shape index (κ3) is 3.93. The van der Waals surface area contributed by atoms with E-state index in [1.165, 1.54) is 0 Å². The molecule has 1 aromatic carbocycles. The van der Waals surface area contributed by atoms with Crippen LogP contribution >= 0.6 is 11.3 Å². The molecule has 0 aliphatic carbocycles. The molecule has 7 heteroatoms. The van der Waals surface area contributed by atoms with Gasteiger partial charge in [-0.25, -0.2) is 8.42 Å². The van der Waals surface area contributed by atoms with E-state index in [0.29, 0.717) is 18.0 Å². The zero-order chi connectivity index (χ0) is 18.2. The number of benzene rings is 1.